The van der Waals surface area contributed by atoms with Gasteiger partial charge in [0.05, 0.1) is 17.3 Å². The maximum atomic E-state index is 12.3. The normalized spacial score (nSPS) is 10.3. The van der Waals surface area contributed by atoms with Crippen LogP contribution in [0.1, 0.15) is 26.4 Å². The molecule has 0 bridgehead atoms. The van der Waals surface area contributed by atoms with Crippen molar-refractivity contribution in [2.75, 3.05) is 10.6 Å². The van der Waals surface area contributed by atoms with Gasteiger partial charge in [-0.2, -0.15) is 5.10 Å². The summed E-state index contributed by atoms with van der Waals surface area (Å²) in [6.45, 7) is 1.83. The predicted molar refractivity (Wildman–Crippen MR) is 94.5 cm³/mol. The number of aromatic nitrogens is 3. The number of hydrogen-bond acceptors (Lipinski definition) is 4. The van der Waals surface area contributed by atoms with Gasteiger partial charge < -0.3 is 10.6 Å². The number of rotatable bonds is 4. The third kappa shape index (κ3) is 3.72. The highest BCUT2D eigenvalue weighted by molar-refractivity contribution is 6.06. The van der Waals surface area contributed by atoms with Crippen LogP contribution in [0.5, 0.6) is 0 Å². The van der Waals surface area contributed by atoms with E-state index in [1.807, 2.05) is 6.92 Å². The molecule has 1 aromatic carbocycles. The third-order valence-electron chi connectivity index (χ3n) is 3.78. The quantitative estimate of drug-likeness (QED) is 0.767. The first-order valence-corrected chi connectivity index (χ1v) is 7.66. The molecule has 7 nitrogen and oxygen atoms in total. The summed E-state index contributed by atoms with van der Waals surface area (Å²) >= 11 is 0. The molecule has 0 unspecified atom stereocenters. The number of amides is 2. The lowest BCUT2D eigenvalue weighted by atomic mass is 10.2. The molecule has 0 saturated heterocycles. The van der Waals surface area contributed by atoms with Gasteiger partial charge in [-0.25, -0.2) is 0 Å². The predicted octanol–water partition coefficient (Wildman–Crippen LogP) is 2.63. The van der Waals surface area contributed by atoms with Crippen molar-refractivity contribution in [3.63, 3.8) is 0 Å². The zero-order chi connectivity index (χ0) is 17.8. The summed E-state index contributed by atoms with van der Waals surface area (Å²) < 4.78 is 1.64. The molecule has 0 aliphatic heterocycles. The van der Waals surface area contributed by atoms with Crippen LogP contribution in [-0.2, 0) is 7.05 Å². The van der Waals surface area contributed by atoms with Crippen LogP contribution >= 0.6 is 0 Å². The Balaban J connectivity index is 1.72. The van der Waals surface area contributed by atoms with Crippen molar-refractivity contribution in [2.45, 2.75) is 6.92 Å². The summed E-state index contributed by atoms with van der Waals surface area (Å²) in [6, 6.07) is 10.3. The van der Waals surface area contributed by atoms with Gasteiger partial charge in [-0.05, 0) is 37.3 Å². The zero-order valence-electron chi connectivity index (χ0n) is 13.9. The molecule has 3 rings (SSSR count). The molecular formula is C18H17N5O2. The molecule has 126 valence electrons. The largest absolute Gasteiger partial charge is 0.322 e. The molecule has 7 heteroatoms. The van der Waals surface area contributed by atoms with Gasteiger partial charge in [0.1, 0.15) is 0 Å². The van der Waals surface area contributed by atoms with E-state index in [4.69, 9.17) is 0 Å². The average Bonchev–Trinajstić information content (AvgIpc) is 2.95. The van der Waals surface area contributed by atoms with E-state index in [1.54, 1.807) is 54.3 Å². The number of benzene rings is 1. The maximum Gasteiger partial charge on any atom is 0.259 e. The maximum absolute atomic E-state index is 12.3. The van der Waals surface area contributed by atoms with Gasteiger partial charge in [0.2, 0.25) is 0 Å². The van der Waals surface area contributed by atoms with Gasteiger partial charge in [0, 0.05) is 36.5 Å². The van der Waals surface area contributed by atoms with Crippen LogP contribution in [0, 0.1) is 6.92 Å². The van der Waals surface area contributed by atoms with Crippen LogP contribution in [0.4, 0.5) is 11.4 Å². The van der Waals surface area contributed by atoms with E-state index in [1.165, 1.54) is 12.4 Å². The Labute approximate surface area is 144 Å². The second-order valence-corrected chi connectivity index (χ2v) is 5.50. The Hall–Kier alpha value is -3.48. The fourth-order valence-electron chi connectivity index (χ4n) is 2.30. The van der Waals surface area contributed by atoms with Crippen LogP contribution < -0.4 is 10.6 Å². The number of carbonyl (C=O) groups is 2. The molecule has 25 heavy (non-hydrogen) atoms. The fraction of sp³-hybridized carbons (Fsp3) is 0.111. The lowest BCUT2D eigenvalue weighted by Gasteiger charge is -2.09. The van der Waals surface area contributed by atoms with Crippen molar-refractivity contribution in [2.24, 2.45) is 7.05 Å². The standard InChI is InChI=1S/C18H17N5O2/c1-12-16(11-20-23(12)2)18(25)22-15-7-3-6-14(9-15)21-17(24)13-5-4-8-19-10-13/h3-11H,1-2H3,(H,21,24)(H,22,25). The van der Waals surface area contributed by atoms with Crippen LogP contribution in [0.25, 0.3) is 0 Å². The van der Waals surface area contributed by atoms with Gasteiger partial charge in [-0.3, -0.25) is 19.3 Å². The number of nitrogens with one attached hydrogen (secondary N) is 2. The zero-order valence-corrected chi connectivity index (χ0v) is 13.9. The molecule has 0 atom stereocenters. The monoisotopic (exact) mass is 335 g/mol. The number of nitrogens with zero attached hydrogens (tertiary/aromatic N) is 3. The Bertz CT molecular complexity index is 918. The summed E-state index contributed by atoms with van der Waals surface area (Å²) in [5.74, 6) is -0.513. The molecule has 2 amide bonds. The molecule has 0 aliphatic carbocycles. The summed E-state index contributed by atoms with van der Waals surface area (Å²) in [7, 11) is 1.78. The Morgan fingerprint density at radius 3 is 2.32 bits per heavy atom. The van der Waals surface area contributed by atoms with Crippen molar-refractivity contribution >= 4 is 23.2 Å². The van der Waals surface area contributed by atoms with E-state index in [0.29, 0.717) is 22.5 Å². The lowest BCUT2D eigenvalue weighted by Crippen LogP contribution is -2.14. The first-order chi connectivity index (χ1) is 12.0. The minimum atomic E-state index is -0.264. The highest BCUT2D eigenvalue weighted by atomic mass is 16.2. The Morgan fingerprint density at radius 1 is 1.00 bits per heavy atom. The first-order valence-electron chi connectivity index (χ1n) is 7.66. The van der Waals surface area contributed by atoms with Crippen molar-refractivity contribution in [3.05, 3.63) is 71.8 Å². The molecule has 2 N–H and O–H groups in total. The SMILES string of the molecule is Cc1c(C(=O)Nc2cccc(NC(=O)c3cccnc3)c2)cnn1C. The number of aryl methyl sites for hydroxylation is 1. The second-order valence-electron chi connectivity index (χ2n) is 5.50. The third-order valence-corrected chi connectivity index (χ3v) is 3.78. The summed E-state index contributed by atoms with van der Waals surface area (Å²) in [4.78, 5) is 28.4. The number of carbonyl (C=O) groups excluding carboxylic acids is 2. The molecule has 0 fully saturated rings. The van der Waals surface area contributed by atoms with Gasteiger partial charge in [-0.15, -0.1) is 0 Å². The number of pyridine rings is 1. The van der Waals surface area contributed by atoms with Crippen molar-refractivity contribution in [1.82, 2.24) is 14.8 Å². The minimum absolute atomic E-state index is 0.249. The molecule has 3 aromatic rings. The molecular weight excluding hydrogens is 318 g/mol. The summed E-state index contributed by atoms with van der Waals surface area (Å²) in [5, 5.41) is 9.65. The summed E-state index contributed by atoms with van der Waals surface area (Å²) in [6.07, 6.45) is 4.62. The van der Waals surface area contributed by atoms with Crippen LogP contribution in [0.2, 0.25) is 0 Å². The Morgan fingerprint density at radius 2 is 1.72 bits per heavy atom. The molecule has 0 spiro atoms. The first kappa shape index (κ1) is 16.4. The van der Waals surface area contributed by atoms with Gasteiger partial charge in [0.15, 0.2) is 0 Å². The van der Waals surface area contributed by atoms with Gasteiger partial charge in [-0.1, -0.05) is 6.07 Å². The van der Waals surface area contributed by atoms with Crippen molar-refractivity contribution in [1.29, 1.82) is 0 Å². The highest BCUT2D eigenvalue weighted by Crippen LogP contribution is 2.17. The van der Waals surface area contributed by atoms with E-state index < -0.39 is 0 Å². The highest BCUT2D eigenvalue weighted by Gasteiger charge is 2.13. The number of hydrogen-bond donors (Lipinski definition) is 2. The smallest absolute Gasteiger partial charge is 0.259 e. The van der Waals surface area contributed by atoms with Crippen molar-refractivity contribution < 1.29 is 9.59 Å². The summed E-state index contributed by atoms with van der Waals surface area (Å²) in [5.41, 5.74) is 2.90. The van der Waals surface area contributed by atoms with E-state index in [9.17, 15) is 9.59 Å². The van der Waals surface area contributed by atoms with Crippen molar-refractivity contribution in [3.8, 4) is 0 Å². The van der Waals surface area contributed by atoms with Crippen LogP contribution in [-0.4, -0.2) is 26.6 Å². The minimum Gasteiger partial charge on any atom is -0.322 e. The van der Waals surface area contributed by atoms with Gasteiger partial charge in [0.25, 0.3) is 11.8 Å². The molecule has 0 aliphatic rings. The molecule has 2 heterocycles. The molecule has 2 aromatic heterocycles. The number of anilines is 2. The van der Waals surface area contributed by atoms with Gasteiger partial charge >= 0.3 is 0 Å². The topological polar surface area (TPSA) is 88.9 Å². The second kappa shape index (κ2) is 6.96. The van der Waals surface area contributed by atoms with E-state index in [0.717, 1.165) is 5.69 Å². The van der Waals surface area contributed by atoms with E-state index in [2.05, 4.69) is 20.7 Å². The van der Waals surface area contributed by atoms with E-state index >= 15 is 0 Å². The molecule has 0 saturated carbocycles. The molecule has 0 radical (unpaired) electrons. The lowest BCUT2D eigenvalue weighted by molar-refractivity contribution is 0.101. The van der Waals surface area contributed by atoms with Crippen LogP contribution in [0.3, 0.4) is 0 Å². The fourth-order valence-corrected chi connectivity index (χ4v) is 2.30. The Kier molecular flexibility index (Phi) is 4.56. The average molecular weight is 335 g/mol. The van der Waals surface area contributed by atoms with E-state index in [-0.39, 0.29) is 11.8 Å². The van der Waals surface area contributed by atoms with Crippen LogP contribution in [0.15, 0.2) is 55.0 Å².